The molecule has 0 unspecified atom stereocenters. The summed E-state index contributed by atoms with van der Waals surface area (Å²) in [5.74, 6) is 0.860. The molecule has 146 valence electrons. The van der Waals surface area contributed by atoms with E-state index in [1.807, 2.05) is 30.3 Å². The molecule has 1 spiro atoms. The van der Waals surface area contributed by atoms with E-state index in [0.717, 1.165) is 42.9 Å². The number of rotatable bonds is 4. The first-order valence-electron chi connectivity index (χ1n) is 10.3. The monoisotopic (exact) mass is 377 g/mol. The van der Waals surface area contributed by atoms with Crippen LogP contribution < -0.4 is 10.2 Å². The SMILES string of the molecule is Cc1cc(N2C[C@@H]3[C@H](CNC(=O)c4ccccc4)[C@H]4CC[C@]3(C2)O4)cc(C)n1. The zero-order valence-electron chi connectivity index (χ0n) is 16.5. The van der Waals surface area contributed by atoms with Gasteiger partial charge in [0.15, 0.2) is 0 Å². The number of hydrogen-bond donors (Lipinski definition) is 1. The number of anilines is 1. The Labute approximate surface area is 166 Å². The van der Waals surface area contributed by atoms with Gasteiger partial charge in [0.25, 0.3) is 5.91 Å². The normalized spacial score (nSPS) is 30.5. The predicted octanol–water partition coefficient (Wildman–Crippen LogP) is 3.11. The van der Waals surface area contributed by atoms with Crippen molar-refractivity contribution in [2.75, 3.05) is 24.5 Å². The highest BCUT2D eigenvalue weighted by Crippen LogP contribution is 2.55. The van der Waals surface area contributed by atoms with Gasteiger partial charge in [-0.2, -0.15) is 0 Å². The van der Waals surface area contributed by atoms with Gasteiger partial charge in [0, 0.05) is 54.1 Å². The Morgan fingerprint density at radius 1 is 1.25 bits per heavy atom. The van der Waals surface area contributed by atoms with Gasteiger partial charge in [0.05, 0.1) is 11.7 Å². The first kappa shape index (κ1) is 17.7. The van der Waals surface area contributed by atoms with Crippen LogP contribution in [0.15, 0.2) is 42.5 Å². The Hall–Kier alpha value is -2.40. The lowest BCUT2D eigenvalue weighted by atomic mass is 9.73. The van der Waals surface area contributed by atoms with Gasteiger partial charge >= 0.3 is 0 Å². The van der Waals surface area contributed by atoms with E-state index in [1.54, 1.807) is 0 Å². The van der Waals surface area contributed by atoms with Crippen molar-refractivity contribution in [2.45, 2.75) is 38.4 Å². The number of fused-ring (bicyclic) bond motifs is 1. The largest absolute Gasteiger partial charge is 0.369 e. The van der Waals surface area contributed by atoms with Crippen molar-refractivity contribution in [2.24, 2.45) is 11.8 Å². The molecular formula is C23H27N3O2. The van der Waals surface area contributed by atoms with Crippen LogP contribution in [0.1, 0.15) is 34.6 Å². The fourth-order valence-electron chi connectivity index (χ4n) is 5.56. The van der Waals surface area contributed by atoms with E-state index >= 15 is 0 Å². The molecule has 4 heterocycles. The molecular weight excluding hydrogens is 350 g/mol. The van der Waals surface area contributed by atoms with Gasteiger partial charge in [-0.05, 0) is 51.0 Å². The number of carbonyl (C=O) groups is 1. The van der Waals surface area contributed by atoms with E-state index < -0.39 is 0 Å². The second-order valence-electron chi connectivity index (χ2n) is 8.59. The molecule has 1 aromatic carbocycles. The van der Waals surface area contributed by atoms with Gasteiger partial charge in [-0.1, -0.05) is 18.2 Å². The maximum absolute atomic E-state index is 12.5. The van der Waals surface area contributed by atoms with Crippen LogP contribution in [0.2, 0.25) is 0 Å². The number of pyridine rings is 1. The minimum atomic E-state index is -0.0438. The number of nitrogens with one attached hydrogen (secondary N) is 1. The first-order chi connectivity index (χ1) is 13.5. The maximum Gasteiger partial charge on any atom is 0.251 e. The third kappa shape index (κ3) is 2.89. The summed E-state index contributed by atoms with van der Waals surface area (Å²) in [4.78, 5) is 19.5. The van der Waals surface area contributed by atoms with Crippen LogP contribution in [0, 0.1) is 25.7 Å². The van der Waals surface area contributed by atoms with Crippen LogP contribution in [0.25, 0.3) is 0 Å². The summed E-state index contributed by atoms with van der Waals surface area (Å²) in [7, 11) is 0. The summed E-state index contributed by atoms with van der Waals surface area (Å²) >= 11 is 0. The van der Waals surface area contributed by atoms with E-state index in [0.29, 0.717) is 18.4 Å². The van der Waals surface area contributed by atoms with Crippen molar-refractivity contribution in [3.8, 4) is 0 Å². The number of amides is 1. The molecule has 1 amide bonds. The lowest BCUT2D eigenvalue weighted by Crippen LogP contribution is -2.41. The Morgan fingerprint density at radius 2 is 2.00 bits per heavy atom. The van der Waals surface area contributed by atoms with E-state index in [-0.39, 0.29) is 17.6 Å². The minimum Gasteiger partial charge on any atom is -0.369 e. The molecule has 1 N–H and O–H groups in total. The number of aromatic nitrogens is 1. The van der Waals surface area contributed by atoms with Crippen LogP contribution in [0.5, 0.6) is 0 Å². The maximum atomic E-state index is 12.5. The molecule has 0 saturated carbocycles. The molecule has 2 aromatic rings. The molecule has 3 saturated heterocycles. The van der Waals surface area contributed by atoms with Crippen molar-refractivity contribution in [1.29, 1.82) is 0 Å². The number of carbonyl (C=O) groups excluding carboxylic acids is 1. The zero-order valence-corrected chi connectivity index (χ0v) is 16.5. The Kier molecular flexibility index (Phi) is 4.16. The van der Waals surface area contributed by atoms with Crippen LogP contribution >= 0.6 is 0 Å². The van der Waals surface area contributed by atoms with Crippen LogP contribution in [0.4, 0.5) is 5.69 Å². The van der Waals surface area contributed by atoms with Gasteiger partial charge in [-0.15, -0.1) is 0 Å². The minimum absolute atomic E-state index is 0.00709. The van der Waals surface area contributed by atoms with Gasteiger partial charge in [-0.3, -0.25) is 9.78 Å². The van der Waals surface area contributed by atoms with Crippen LogP contribution in [0.3, 0.4) is 0 Å². The summed E-state index contributed by atoms with van der Waals surface area (Å²) in [5.41, 5.74) is 4.03. The van der Waals surface area contributed by atoms with E-state index in [4.69, 9.17) is 4.74 Å². The smallest absolute Gasteiger partial charge is 0.251 e. The van der Waals surface area contributed by atoms with Crippen LogP contribution in [-0.2, 0) is 4.74 Å². The number of ether oxygens (including phenoxy) is 1. The average Bonchev–Trinajstić information content (AvgIpc) is 3.34. The summed E-state index contributed by atoms with van der Waals surface area (Å²) in [5, 5.41) is 3.16. The van der Waals surface area contributed by atoms with Gasteiger partial charge in [0.2, 0.25) is 0 Å². The molecule has 0 aliphatic carbocycles. The summed E-state index contributed by atoms with van der Waals surface area (Å²) < 4.78 is 6.54. The van der Waals surface area contributed by atoms with Crippen molar-refractivity contribution in [3.05, 3.63) is 59.4 Å². The highest BCUT2D eigenvalue weighted by atomic mass is 16.5. The molecule has 28 heavy (non-hydrogen) atoms. The fourth-order valence-corrected chi connectivity index (χ4v) is 5.56. The molecule has 5 rings (SSSR count). The van der Waals surface area contributed by atoms with Crippen molar-refractivity contribution in [1.82, 2.24) is 10.3 Å². The Morgan fingerprint density at radius 3 is 2.75 bits per heavy atom. The van der Waals surface area contributed by atoms with E-state index in [2.05, 4.69) is 41.2 Å². The number of nitrogens with zero attached hydrogens (tertiary/aromatic N) is 2. The number of hydrogen-bond acceptors (Lipinski definition) is 4. The third-order valence-corrected chi connectivity index (χ3v) is 6.75. The van der Waals surface area contributed by atoms with E-state index in [1.165, 1.54) is 5.69 Å². The molecule has 1 aromatic heterocycles. The molecule has 5 heteroatoms. The third-order valence-electron chi connectivity index (χ3n) is 6.75. The Balaban J connectivity index is 1.31. The molecule has 3 fully saturated rings. The summed E-state index contributed by atoms with van der Waals surface area (Å²) in [6, 6.07) is 13.8. The van der Waals surface area contributed by atoms with Crippen molar-refractivity contribution >= 4 is 11.6 Å². The standard InChI is InChI=1S/C23H27N3O2/c1-15-10-18(11-16(2)25-15)26-13-20-19(21-8-9-23(20,14-26)28-21)12-24-22(27)17-6-4-3-5-7-17/h3-7,10-11,19-21H,8-9,12-14H2,1-2H3,(H,24,27)/t19-,20+,21+,23+/m0/s1. The summed E-state index contributed by atoms with van der Waals surface area (Å²) in [6.07, 6.45) is 2.51. The second kappa shape index (κ2) is 6.59. The lowest BCUT2D eigenvalue weighted by Gasteiger charge is -2.29. The molecule has 3 aliphatic rings. The van der Waals surface area contributed by atoms with Gasteiger partial charge in [0.1, 0.15) is 0 Å². The predicted molar refractivity (Wildman–Crippen MR) is 109 cm³/mol. The quantitative estimate of drug-likeness (QED) is 0.890. The molecule has 2 bridgehead atoms. The second-order valence-corrected chi connectivity index (χ2v) is 8.59. The van der Waals surface area contributed by atoms with Crippen LogP contribution in [-0.4, -0.2) is 42.2 Å². The highest BCUT2D eigenvalue weighted by Gasteiger charge is 2.62. The topological polar surface area (TPSA) is 54.5 Å². The molecule has 0 radical (unpaired) electrons. The lowest BCUT2D eigenvalue weighted by molar-refractivity contribution is 0.0141. The number of benzene rings is 1. The molecule has 4 atom stereocenters. The zero-order chi connectivity index (χ0) is 19.3. The molecule has 5 nitrogen and oxygen atoms in total. The highest BCUT2D eigenvalue weighted by molar-refractivity contribution is 5.94. The summed E-state index contributed by atoms with van der Waals surface area (Å²) in [6.45, 7) is 6.73. The number of aryl methyl sites for hydroxylation is 2. The fraction of sp³-hybridized carbons (Fsp3) is 0.478. The van der Waals surface area contributed by atoms with Gasteiger partial charge in [-0.25, -0.2) is 0 Å². The Bertz CT molecular complexity index is 880. The average molecular weight is 377 g/mol. The van der Waals surface area contributed by atoms with Crippen molar-refractivity contribution < 1.29 is 9.53 Å². The van der Waals surface area contributed by atoms with E-state index in [9.17, 15) is 4.79 Å². The van der Waals surface area contributed by atoms with Gasteiger partial charge < -0.3 is 15.0 Å². The molecule has 3 aliphatic heterocycles. The van der Waals surface area contributed by atoms with Crippen molar-refractivity contribution in [3.63, 3.8) is 0 Å². The first-order valence-corrected chi connectivity index (χ1v) is 10.3.